The summed E-state index contributed by atoms with van der Waals surface area (Å²) in [5, 5.41) is 37.2. The molecule has 7 nitrogen and oxygen atoms in total. The van der Waals surface area contributed by atoms with Crippen molar-refractivity contribution >= 4 is 0 Å². The van der Waals surface area contributed by atoms with Gasteiger partial charge in [0.25, 0.3) is 5.56 Å². The molecular weight excluding hydrogens is 230 g/mol. The SMILES string of the molecule is O=c1cc(O)ccn1[C@@H]1O[C@H](CO)[C@H](O)[C@@H]1O. The molecule has 4 N–H and O–H groups in total. The van der Waals surface area contributed by atoms with Gasteiger partial charge in [-0.25, -0.2) is 0 Å². The van der Waals surface area contributed by atoms with E-state index in [1.165, 1.54) is 12.3 Å². The molecule has 0 radical (unpaired) electrons. The van der Waals surface area contributed by atoms with Crippen molar-refractivity contribution in [2.24, 2.45) is 0 Å². The van der Waals surface area contributed by atoms with E-state index in [-0.39, 0.29) is 5.75 Å². The molecule has 2 rings (SSSR count). The lowest BCUT2D eigenvalue weighted by Gasteiger charge is -2.17. The first-order chi connectivity index (χ1) is 8.04. The highest BCUT2D eigenvalue weighted by atomic mass is 16.6. The Labute approximate surface area is 96.1 Å². The third-order valence-corrected chi connectivity index (χ3v) is 2.72. The Morgan fingerprint density at radius 2 is 2.06 bits per heavy atom. The van der Waals surface area contributed by atoms with E-state index in [1.54, 1.807) is 0 Å². The summed E-state index contributed by atoms with van der Waals surface area (Å²) in [6.45, 7) is -0.457. The number of aromatic hydroxyl groups is 1. The minimum atomic E-state index is -1.31. The summed E-state index contributed by atoms with van der Waals surface area (Å²) in [7, 11) is 0. The van der Waals surface area contributed by atoms with Crippen molar-refractivity contribution in [3.63, 3.8) is 0 Å². The number of aliphatic hydroxyl groups is 3. The zero-order chi connectivity index (χ0) is 12.6. The maximum Gasteiger partial charge on any atom is 0.256 e. The molecule has 2 heterocycles. The van der Waals surface area contributed by atoms with Crippen LogP contribution in [-0.4, -0.2) is 49.9 Å². The first kappa shape index (κ1) is 12.1. The Morgan fingerprint density at radius 3 is 2.59 bits per heavy atom. The number of pyridine rings is 1. The van der Waals surface area contributed by atoms with Crippen LogP contribution in [0.25, 0.3) is 0 Å². The summed E-state index contributed by atoms with van der Waals surface area (Å²) in [6, 6.07) is 2.23. The molecule has 0 bridgehead atoms. The van der Waals surface area contributed by atoms with Crippen LogP contribution in [0.2, 0.25) is 0 Å². The van der Waals surface area contributed by atoms with Gasteiger partial charge in [0.1, 0.15) is 24.1 Å². The Morgan fingerprint density at radius 1 is 1.35 bits per heavy atom. The summed E-state index contributed by atoms with van der Waals surface area (Å²) in [5.74, 6) is -0.196. The number of hydrogen-bond donors (Lipinski definition) is 4. The normalized spacial score (nSPS) is 32.9. The molecule has 1 aliphatic heterocycles. The molecule has 0 amide bonds. The standard InChI is InChI=1S/C10H13NO6/c12-4-6-8(15)9(16)10(17-6)11-2-1-5(13)3-7(11)14/h1-3,6,8-10,12-13,15-16H,4H2/t6-,8+,9+,10-/m1/s1. The van der Waals surface area contributed by atoms with Crippen molar-refractivity contribution in [1.82, 2.24) is 4.57 Å². The Balaban J connectivity index is 2.32. The first-order valence-electron chi connectivity index (χ1n) is 5.08. The molecule has 94 valence electrons. The molecule has 0 spiro atoms. The van der Waals surface area contributed by atoms with Gasteiger partial charge in [0, 0.05) is 12.3 Å². The van der Waals surface area contributed by atoms with E-state index in [0.717, 1.165) is 10.6 Å². The maximum absolute atomic E-state index is 11.5. The summed E-state index contributed by atoms with van der Waals surface area (Å²) >= 11 is 0. The maximum atomic E-state index is 11.5. The van der Waals surface area contributed by atoms with Crippen molar-refractivity contribution in [3.8, 4) is 5.75 Å². The van der Waals surface area contributed by atoms with Gasteiger partial charge in [-0.05, 0) is 6.07 Å². The van der Waals surface area contributed by atoms with Gasteiger partial charge in [0.05, 0.1) is 6.61 Å². The zero-order valence-electron chi connectivity index (χ0n) is 8.80. The largest absolute Gasteiger partial charge is 0.508 e. The number of ether oxygens (including phenoxy) is 1. The minimum Gasteiger partial charge on any atom is -0.508 e. The predicted octanol–water partition coefficient (Wildman–Crippen LogP) is -1.83. The van der Waals surface area contributed by atoms with E-state index in [1.807, 2.05) is 0 Å². The number of aliphatic hydroxyl groups excluding tert-OH is 3. The molecule has 1 aromatic rings. The third kappa shape index (κ3) is 2.05. The zero-order valence-corrected chi connectivity index (χ0v) is 8.80. The smallest absolute Gasteiger partial charge is 0.256 e. The van der Waals surface area contributed by atoms with Crippen LogP contribution in [0.5, 0.6) is 5.75 Å². The number of nitrogens with zero attached hydrogens (tertiary/aromatic N) is 1. The number of hydrogen-bond acceptors (Lipinski definition) is 6. The fourth-order valence-electron chi connectivity index (χ4n) is 1.80. The van der Waals surface area contributed by atoms with Crippen molar-refractivity contribution < 1.29 is 25.2 Å². The van der Waals surface area contributed by atoms with E-state index < -0.39 is 36.7 Å². The average molecular weight is 243 g/mol. The molecule has 1 saturated heterocycles. The van der Waals surface area contributed by atoms with Gasteiger partial charge in [-0.3, -0.25) is 9.36 Å². The molecule has 0 saturated carbocycles. The fraction of sp³-hybridized carbons (Fsp3) is 0.500. The summed E-state index contributed by atoms with van der Waals surface area (Å²) < 4.78 is 6.22. The van der Waals surface area contributed by atoms with E-state index >= 15 is 0 Å². The third-order valence-electron chi connectivity index (χ3n) is 2.72. The van der Waals surface area contributed by atoms with Crippen LogP contribution in [0, 0.1) is 0 Å². The lowest BCUT2D eigenvalue weighted by Crippen LogP contribution is -2.35. The summed E-state index contributed by atoms with van der Waals surface area (Å²) in [4.78, 5) is 11.5. The second-order valence-corrected chi connectivity index (χ2v) is 3.86. The van der Waals surface area contributed by atoms with E-state index in [4.69, 9.17) is 14.9 Å². The van der Waals surface area contributed by atoms with Crippen molar-refractivity contribution in [2.75, 3.05) is 6.61 Å². The average Bonchev–Trinajstić information content (AvgIpc) is 2.57. The van der Waals surface area contributed by atoms with Gasteiger partial charge < -0.3 is 25.2 Å². The second-order valence-electron chi connectivity index (χ2n) is 3.86. The van der Waals surface area contributed by atoms with E-state index in [9.17, 15) is 15.0 Å². The van der Waals surface area contributed by atoms with Gasteiger partial charge in [0.2, 0.25) is 0 Å². The van der Waals surface area contributed by atoms with Crippen molar-refractivity contribution in [1.29, 1.82) is 0 Å². The van der Waals surface area contributed by atoms with Crippen molar-refractivity contribution in [2.45, 2.75) is 24.5 Å². The van der Waals surface area contributed by atoms with Crippen LogP contribution >= 0.6 is 0 Å². The molecule has 0 aliphatic carbocycles. The van der Waals surface area contributed by atoms with Crippen LogP contribution in [0.15, 0.2) is 23.1 Å². The minimum absolute atomic E-state index is 0.196. The lowest BCUT2D eigenvalue weighted by atomic mass is 10.1. The van der Waals surface area contributed by atoms with Gasteiger partial charge in [-0.15, -0.1) is 0 Å². The molecule has 1 fully saturated rings. The van der Waals surface area contributed by atoms with Crippen LogP contribution in [0.1, 0.15) is 6.23 Å². The molecule has 1 aliphatic rings. The highest BCUT2D eigenvalue weighted by Crippen LogP contribution is 2.28. The summed E-state index contributed by atoms with van der Waals surface area (Å²) in [5.41, 5.74) is -0.570. The van der Waals surface area contributed by atoms with Crippen molar-refractivity contribution in [3.05, 3.63) is 28.7 Å². The highest BCUT2D eigenvalue weighted by Gasteiger charge is 2.43. The highest BCUT2D eigenvalue weighted by molar-refractivity contribution is 5.16. The topological polar surface area (TPSA) is 112 Å². The van der Waals surface area contributed by atoms with Crippen LogP contribution in [0.3, 0.4) is 0 Å². The van der Waals surface area contributed by atoms with Crippen LogP contribution < -0.4 is 5.56 Å². The molecular formula is C10H13NO6. The molecule has 1 aromatic heterocycles. The lowest BCUT2D eigenvalue weighted by molar-refractivity contribution is -0.0544. The van der Waals surface area contributed by atoms with E-state index in [0.29, 0.717) is 0 Å². The molecule has 4 atom stereocenters. The predicted molar refractivity (Wildman–Crippen MR) is 55.4 cm³/mol. The molecule has 0 unspecified atom stereocenters. The Bertz CT molecular complexity index is 458. The number of rotatable bonds is 2. The van der Waals surface area contributed by atoms with Gasteiger partial charge >= 0.3 is 0 Å². The number of aromatic nitrogens is 1. The van der Waals surface area contributed by atoms with Gasteiger partial charge in [-0.2, -0.15) is 0 Å². The quantitative estimate of drug-likeness (QED) is 0.486. The second kappa shape index (κ2) is 4.46. The van der Waals surface area contributed by atoms with Crippen LogP contribution in [0.4, 0.5) is 0 Å². The summed E-state index contributed by atoms with van der Waals surface area (Å²) in [6.07, 6.45) is -3.33. The van der Waals surface area contributed by atoms with Gasteiger partial charge in [0.15, 0.2) is 6.23 Å². The Kier molecular flexibility index (Phi) is 3.16. The first-order valence-corrected chi connectivity index (χ1v) is 5.08. The van der Waals surface area contributed by atoms with E-state index in [2.05, 4.69) is 0 Å². The fourth-order valence-corrected chi connectivity index (χ4v) is 1.80. The monoisotopic (exact) mass is 243 g/mol. The van der Waals surface area contributed by atoms with Gasteiger partial charge in [-0.1, -0.05) is 0 Å². The molecule has 7 heteroatoms. The molecule has 0 aromatic carbocycles. The Hall–Kier alpha value is -1.41. The van der Waals surface area contributed by atoms with Crippen LogP contribution in [-0.2, 0) is 4.74 Å². The molecule has 17 heavy (non-hydrogen) atoms.